The van der Waals surface area contributed by atoms with Gasteiger partial charge in [0, 0.05) is 48.6 Å². The quantitative estimate of drug-likeness (QED) is 0.322. The van der Waals surface area contributed by atoms with Crippen LogP contribution in [0.5, 0.6) is 5.75 Å². The molecule has 0 aliphatic carbocycles. The molecule has 1 aromatic heterocycles. The van der Waals surface area contributed by atoms with Gasteiger partial charge in [-0.25, -0.2) is 4.98 Å². The number of halogens is 3. The molecule has 11 heteroatoms. The van der Waals surface area contributed by atoms with E-state index in [9.17, 15) is 23.1 Å². The third-order valence-corrected chi connectivity index (χ3v) is 9.35. The van der Waals surface area contributed by atoms with Gasteiger partial charge in [-0.05, 0) is 48.6 Å². The molecule has 40 heavy (non-hydrogen) atoms. The molecule has 2 atom stereocenters. The molecule has 3 aromatic rings. The molecule has 2 saturated heterocycles. The van der Waals surface area contributed by atoms with Gasteiger partial charge in [-0.15, -0.1) is 11.3 Å². The summed E-state index contributed by atoms with van der Waals surface area (Å²) in [5.74, 6) is 0.752. The predicted octanol–water partition coefficient (Wildman–Crippen LogP) is 6.48. The first-order chi connectivity index (χ1) is 19.2. The molecule has 2 aromatic carbocycles. The van der Waals surface area contributed by atoms with Crippen LogP contribution < -0.4 is 9.64 Å². The normalized spacial score (nSPS) is 20.4. The van der Waals surface area contributed by atoms with Crippen molar-refractivity contribution in [2.45, 2.75) is 45.1 Å². The largest absolute Gasteiger partial charge is 0.488 e. The molecule has 3 heterocycles. The number of hydrogen-bond donors (Lipinski definition) is 1. The van der Waals surface area contributed by atoms with Crippen LogP contribution in [-0.2, 0) is 17.9 Å². The fraction of sp³-hybridized carbons (Fsp3) is 0.448. The van der Waals surface area contributed by atoms with Crippen molar-refractivity contribution >= 4 is 34.2 Å². The van der Waals surface area contributed by atoms with Gasteiger partial charge in [0.15, 0.2) is 5.13 Å². The van der Waals surface area contributed by atoms with Crippen LogP contribution in [0.3, 0.4) is 0 Å². The van der Waals surface area contributed by atoms with Crippen LogP contribution >= 0.6 is 23.1 Å². The van der Waals surface area contributed by atoms with Gasteiger partial charge in [-0.3, -0.25) is 9.69 Å². The van der Waals surface area contributed by atoms with Crippen LogP contribution in [0.15, 0.2) is 47.8 Å². The number of alkyl halides is 3. The minimum Gasteiger partial charge on any atom is -0.488 e. The molecule has 0 radical (unpaired) electrons. The maximum Gasteiger partial charge on any atom is 0.408 e. The second-order valence-electron chi connectivity index (χ2n) is 10.3. The number of rotatable bonds is 8. The van der Waals surface area contributed by atoms with E-state index in [0.717, 1.165) is 42.1 Å². The van der Waals surface area contributed by atoms with Crippen molar-refractivity contribution in [2.24, 2.45) is 5.92 Å². The van der Waals surface area contributed by atoms with Crippen molar-refractivity contribution in [3.05, 3.63) is 64.5 Å². The minimum atomic E-state index is -4.55. The van der Waals surface area contributed by atoms with E-state index in [1.807, 2.05) is 36.0 Å². The molecule has 5 rings (SSSR count). The molecular weight excluding hydrogens is 559 g/mol. The molecule has 0 amide bonds. The number of carboxylic acid groups (broad SMARTS) is 1. The number of piperidine rings is 1. The molecular formula is C29H32F3N3O3S2. The summed E-state index contributed by atoms with van der Waals surface area (Å²) < 4.78 is 47.8. The van der Waals surface area contributed by atoms with Crippen molar-refractivity contribution in [1.29, 1.82) is 0 Å². The number of aliphatic carboxylic acids is 1. The predicted molar refractivity (Wildman–Crippen MR) is 153 cm³/mol. The number of hydrogen-bond acceptors (Lipinski definition) is 7. The number of para-hydroxylation sites is 1. The molecule has 2 fully saturated rings. The van der Waals surface area contributed by atoms with E-state index in [-0.39, 0.29) is 18.1 Å². The fourth-order valence-electron chi connectivity index (χ4n) is 5.24. The summed E-state index contributed by atoms with van der Waals surface area (Å²) in [7, 11) is 0. The third kappa shape index (κ3) is 6.75. The van der Waals surface area contributed by atoms with Crippen molar-refractivity contribution < 1.29 is 27.8 Å². The van der Waals surface area contributed by atoms with E-state index in [4.69, 9.17) is 4.74 Å². The van der Waals surface area contributed by atoms with Crippen molar-refractivity contribution in [3.8, 4) is 17.0 Å². The summed E-state index contributed by atoms with van der Waals surface area (Å²) in [4.78, 5) is 19.6. The molecule has 2 unspecified atom stereocenters. The Bertz CT molecular complexity index is 1330. The monoisotopic (exact) mass is 591 g/mol. The Balaban J connectivity index is 1.29. The van der Waals surface area contributed by atoms with Gasteiger partial charge >= 0.3 is 12.1 Å². The van der Waals surface area contributed by atoms with Gasteiger partial charge < -0.3 is 14.7 Å². The van der Waals surface area contributed by atoms with Gasteiger partial charge in [0.1, 0.15) is 18.4 Å². The van der Waals surface area contributed by atoms with E-state index < -0.39 is 30.5 Å². The average Bonchev–Trinajstić information content (AvgIpc) is 3.43. The van der Waals surface area contributed by atoms with Gasteiger partial charge in [-0.2, -0.15) is 24.9 Å². The summed E-state index contributed by atoms with van der Waals surface area (Å²) in [5, 5.41) is 11.2. The molecule has 0 bridgehead atoms. The van der Waals surface area contributed by atoms with Crippen molar-refractivity contribution in [1.82, 2.24) is 9.88 Å². The van der Waals surface area contributed by atoms with Crippen LogP contribution in [0.2, 0.25) is 0 Å². The number of carboxylic acids is 1. The van der Waals surface area contributed by atoms with Crippen LogP contribution in [0.4, 0.5) is 18.3 Å². The van der Waals surface area contributed by atoms with E-state index >= 15 is 0 Å². The Morgan fingerprint density at radius 3 is 2.65 bits per heavy atom. The second-order valence-corrected chi connectivity index (χ2v) is 12.3. The number of anilines is 1. The topological polar surface area (TPSA) is 65.9 Å². The zero-order valence-corrected chi connectivity index (χ0v) is 23.8. The first kappa shape index (κ1) is 28.8. The summed E-state index contributed by atoms with van der Waals surface area (Å²) in [6, 6.07) is 12.0. The van der Waals surface area contributed by atoms with Crippen LogP contribution in [0.1, 0.15) is 29.5 Å². The maximum absolute atomic E-state index is 13.9. The number of carbonyl (C=O) groups is 1. The van der Waals surface area contributed by atoms with Gasteiger partial charge in [0.05, 0.1) is 11.6 Å². The van der Waals surface area contributed by atoms with E-state index in [1.54, 1.807) is 5.38 Å². The third-order valence-electron chi connectivity index (χ3n) is 7.53. The summed E-state index contributed by atoms with van der Waals surface area (Å²) in [5.41, 5.74) is 4.74. The number of benzene rings is 2. The Morgan fingerprint density at radius 1 is 1.15 bits per heavy atom. The smallest absolute Gasteiger partial charge is 0.408 e. The first-order valence-corrected chi connectivity index (χ1v) is 15.3. The highest BCUT2D eigenvalue weighted by Crippen LogP contribution is 2.40. The number of nitrogens with zero attached hydrogens (tertiary/aromatic N) is 3. The fourth-order valence-corrected chi connectivity index (χ4v) is 7.12. The van der Waals surface area contributed by atoms with E-state index in [1.165, 1.54) is 22.0 Å². The van der Waals surface area contributed by atoms with Gasteiger partial charge in [-0.1, -0.05) is 30.3 Å². The van der Waals surface area contributed by atoms with E-state index in [0.29, 0.717) is 23.6 Å². The molecule has 2 aliphatic rings. The number of ether oxygens (including phenoxy) is 1. The van der Waals surface area contributed by atoms with Crippen LogP contribution in [0, 0.1) is 12.8 Å². The molecule has 6 nitrogen and oxygen atoms in total. The van der Waals surface area contributed by atoms with Crippen LogP contribution in [0.25, 0.3) is 11.3 Å². The highest BCUT2D eigenvalue weighted by atomic mass is 32.2. The highest BCUT2D eigenvalue weighted by molar-refractivity contribution is 7.99. The number of thiazole rings is 1. The zero-order chi connectivity index (χ0) is 28.3. The highest BCUT2D eigenvalue weighted by Gasteiger charge is 2.49. The molecule has 0 spiro atoms. The lowest BCUT2D eigenvalue weighted by Crippen LogP contribution is -2.52. The summed E-state index contributed by atoms with van der Waals surface area (Å²) in [6.07, 6.45) is -4.89. The Hall–Kier alpha value is -2.76. The van der Waals surface area contributed by atoms with Gasteiger partial charge in [0.2, 0.25) is 0 Å². The van der Waals surface area contributed by atoms with E-state index in [2.05, 4.69) is 35.0 Å². The standard InChI is InChI=1S/C29H32F3N3O3S2/c1-19-14-20(16-34-10-12-39-13-11-34)6-7-22(19)17-38-25-5-3-2-4-23(25)24-18-40-28(33-24)35-9-8-21(27(36)37)15-26(35)29(30,31)32/h2-7,14,18,21,26H,8-13,15-17H2,1H3,(H,36,37). The Morgan fingerprint density at radius 2 is 1.93 bits per heavy atom. The van der Waals surface area contributed by atoms with Crippen molar-refractivity contribution in [3.63, 3.8) is 0 Å². The van der Waals surface area contributed by atoms with Crippen molar-refractivity contribution in [2.75, 3.05) is 36.0 Å². The minimum absolute atomic E-state index is 0.0156. The number of aryl methyl sites for hydroxylation is 1. The van der Waals surface area contributed by atoms with Crippen LogP contribution in [-0.4, -0.2) is 64.3 Å². The second kappa shape index (κ2) is 12.4. The average molecular weight is 592 g/mol. The summed E-state index contributed by atoms with van der Waals surface area (Å²) in [6.45, 7) is 5.60. The number of thioether (sulfide) groups is 1. The SMILES string of the molecule is Cc1cc(CN2CCSCC2)ccc1COc1ccccc1-c1csc(N2CCC(C(=O)O)CC2C(F)(F)F)n1. The maximum atomic E-state index is 13.9. The lowest BCUT2D eigenvalue weighted by molar-refractivity contribution is -0.161. The Labute approximate surface area is 240 Å². The molecule has 1 N–H and O–H groups in total. The first-order valence-electron chi connectivity index (χ1n) is 13.3. The molecule has 0 saturated carbocycles. The summed E-state index contributed by atoms with van der Waals surface area (Å²) >= 11 is 3.13. The Kier molecular flexibility index (Phi) is 8.92. The molecule has 2 aliphatic heterocycles. The lowest BCUT2D eigenvalue weighted by Gasteiger charge is -2.38. The lowest BCUT2D eigenvalue weighted by atomic mass is 9.91. The number of aromatic nitrogens is 1. The molecule has 214 valence electrons. The van der Waals surface area contributed by atoms with Gasteiger partial charge in [0.25, 0.3) is 0 Å². The zero-order valence-electron chi connectivity index (χ0n) is 22.2.